The van der Waals surface area contributed by atoms with Gasteiger partial charge >= 0.3 is 11.8 Å². The van der Waals surface area contributed by atoms with Crippen LogP contribution in [0.5, 0.6) is 0 Å². The first-order valence-corrected chi connectivity index (χ1v) is 6.51. The fourth-order valence-corrected chi connectivity index (χ4v) is 1.90. The summed E-state index contributed by atoms with van der Waals surface area (Å²) in [6.45, 7) is -0.0289. The van der Waals surface area contributed by atoms with E-state index >= 15 is 0 Å². The summed E-state index contributed by atoms with van der Waals surface area (Å²) in [5, 5.41) is 14.8. The number of nitrogens with zero attached hydrogens (tertiary/aromatic N) is 1. The second-order valence-electron chi connectivity index (χ2n) is 4.59. The molecule has 2 aromatic rings. The zero-order valence-electron chi connectivity index (χ0n) is 11.6. The number of aliphatic hydroxyl groups is 1. The van der Waals surface area contributed by atoms with Crippen LogP contribution in [0.15, 0.2) is 48.7 Å². The highest BCUT2D eigenvalue weighted by molar-refractivity contribution is 6.39. The number of hydrogen-bond donors (Lipinski definition) is 3. The van der Waals surface area contributed by atoms with Crippen LogP contribution in [0.25, 0.3) is 0 Å². The van der Waals surface area contributed by atoms with Gasteiger partial charge in [-0.05, 0) is 24.3 Å². The lowest BCUT2D eigenvalue weighted by Crippen LogP contribution is -2.37. The normalized spacial score (nSPS) is 11.7. The number of aryl methyl sites for hydroxylation is 1. The van der Waals surface area contributed by atoms with E-state index in [2.05, 4.69) is 10.6 Å². The van der Waals surface area contributed by atoms with E-state index in [0.717, 1.165) is 0 Å². The van der Waals surface area contributed by atoms with Crippen molar-refractivity contribution in [3.8, 4) is 0 Å². The number of aromatic nitrogens is 1. The van der Waals surface area contributed by atoms with Crippen molar-refractivity contribution in [3.63, 3.8) is 0 Å². The monoisotopic (exact) mass is 287 g/mol. The van der Waals surface area contributed by atoms with Crippen LogP contribution >= 0.6 is 0 Å². The summed E-state index contributed by atoms with van der Waals surface area (Å²) >= 11 is 0. The highest BCUT2D eigenvalue weighted by Crippen LogP contribution is 2.11. The summed E-state index contributed by atoms with van der Waals surface area (Å²) in [7, 11) is 1.79. The lowest BCUT2D eigenvalue weighted by Gasteiger charge is -2.13. The molecule has 0 saturated heterocycles. The molecule has 0 bridgehead atoms. The molecule has 0 unspecified atom stereocenters. The number of nitrogens with one attached hydrogen (secondary N) is 2. The molecule has 0 radical (unpaired) electrons. The average Bonchev–Trinajstić information content (AvgIpc) is 2.91. The Morgan fingerprint density at radius 2 is 1.86 bits per heavy atom. The van der Waals surface area contributed by atoms with Crippen molar-refractivity contribution in [1.29, 1.82) is 0 Å². The molecular formula is C15H17N3O3. The molecule has 0 spiro atoms. The molecule has 110 valence electrons. The Kier molecular flexibility index (Phi) is 4.73. The van der Waals surface area contributed by atoms with E-state index in [9.17, 15) is 14.7 Å². The minimum atomic E-state index is -0.863. The van der Waals surface area contributed by atoms with Gasteiger partial charge in [-0.15, -0.1) is 0 Å². The highest BCUT2D eigenvalue weighted by atomic mass is 16.3. The zero-order valence-corrected chi connectivity index (χ0v) is 11.6. The van der Waals surface area contributed by atoms with Gasteiger partial charge in [0, 0.05) is 31.2 Å². The van der Waals surface area contributed by atoms with Gasteiger partial charge in [-0.2, -0.15) is 0 Å². The van der Waals surface area contributed by atoms with E-state index in [4.69, 9.17) is 0 Å². The van der Waals surface area contributed by atoms with E-state index in [1.807, 2.05) is 6.07 Å². The fourth-order valence-electron chi connectivity index (χ4n) is 1.90. The van der Waals surface area contributed by atoms with Crippen molar-refractivity contribution < 1.29 is 14.7 Å². The number of benzene rings is 1. The van der Waals surface area contributed by atoms with Gasteiger partial charge in [0.25, 0.3) is 0 Å². The Morgan fingerprint density at radius 3 is 2.48 bits per heavy atom. The smallest absolute Gasteiger partial charge is 0.313 e. The van der Waals surface area contributed by atoms with E-state index in [0.29, 0.717) is 11.4 Å². The molecule has 0 saturated carbocycles. The molecule has 0 fully saturated rings. The quantitative estimate of drug-likeness (QED) is 0.728. The van der Waals surface area contributed by atoms with Crippen molar-refractivity contribution in [1.82, 2.24) is 9.88 Å². The van der Waals surface area contributed by atoms with Crippen LogP contribution in [0.2, 0.25) is 0 Å². The molecule has 6 nitrogen and oxygen atoms in total. The van der Waals surface area contributed by atoms with Gasteiger partial charge in [-0.3, -0.25) is 9.59 Å². The zero-order chi connectivity index (χ0) is 15.2. The molecule has 0 aliphatic carbocycles. The summed E-state index contributed by atoms with van der Waals surface area (Å²) in [6, 6.07) is 12.2. The van der Waals surface area contributed by atoms with Gasteiger partial charge in [-0.25, -0.2) is 0 Å². The minimum absolute atomic E-state index is 0.0289. The third kappa shape index (κ3) is 3.93. The van der Waals surface area contributed by atoms with Crippen LogP contribution in [0.4, 0.5) is 5.69 Å². The van der Waals surface area contributed by atoms with Gasteiger partial charge in [0.05, 0.1) is 0 Å². The largest absolute Gasteiger partial charge is 0.385 e. The van der Waals surface area contributed by atoms with Crippen molar-refractivity contribution in [2.24, 2.45) is 7.05 Å². The number of carbonyl (C=O) groups excluding carboxylic acids is 2. The lowest BCUT2D eigenvalue weighted by atomic mass is 10.2. The molecule has 1 heterocycles. The molecular weight excluding hydrogens is 270 g/mol. The maximum Gasteiger partial charge on any atom is 0.313 e. The first-order valence-electron chi connectivity index (χ1n) is 6.51. The Hall–Kier alpha value is -2.60. The minimum Gasteiger partial charge on any atom is -0.385 e. The summed E-state index contributed by atoms with van der Waals surface area (Å²) in [5.41, 5.74) is 1.21. The van der Waals surface area contributed by atoms with Crippen LogP contribution in [0.3, 0.4) is 0 Å². The average molecular weight is 287 g/mol. The van der Waals surface area contributed by atoms with E-state index in [-0.39, 0.29) is 6.54 Å². The molecule has 1 aromatic carbocycles. The lowest BCUT2D eigenvalue weighted by molar-refractivity contribution is -0.136. The van der Waals surface area contributed by atoms with Crippen molar-refractivity contribution in [2.75, 3.05) is 11.9 Å². The van der Waals surface area contributed by atoms with E-state index < -0.39 is 17.9 Å². The number of amides is 2. The molecule has 0 aliphatic rings. The van der Waals surface area contributed by atoms with Crippen LogP contribution in [0, 0.1) is 0 Å². The predicted octanol–water partition coefficient (Wildman–Crippen LogP) is 0.813. The summed E-state index contributed by atoms with van der Waals surface area (Å²) in [4.78, 5) is 23.3. The molecule has 6 heteroatoms. The molecule has 2 amide bonds. The van der Waals surface area contributed by atoms with Crippen molar-refractivity contribution >= 4 is 17.5 Å². The number of para-hydroxylation sites is 1. The Labute approximate surface area is 122 Å². The summed E-state index contributed by atoms with van der Waals surface area (Å²) in [6.07, 6.45) is 0.932. The van der Waals surface area contributed by atoms with E-state index in [1.165, 1.54) is 0 Å². The van der Waals surface area contributed by atoms with Gasteiger partial charge in [-0.1, -0.05) is 18.2 Å². The topological polar surface area (TPSA) is 83.4 Å². The first-order chi connectivity index (χ1) is 10.1. The SMILES string of the molecule is Cn1cccc1[C@@H](O)CNC(=O)C(=O)Nc1ccccc1. The van der Waals surface area contributed by atoms with Crippen LogP contribution < -0.4 is 10.6 Å². The highest BCUT2D eigenvalue weighted by Gasteiger charge is 2.16. The van der Waals surface area contributed by atoms with Crippen molar-refractivity contribution in [2.45, 2.75) is 6.10 Å². The standard InChI is InChI=1S/C15H17N3O3/c1-18-9-5-8-12(18)13(19)10-16-14(20)15(21)17-11-6-3-2-4-7-11/h2-9,13,19H,10H2,1H3,(H,16,20)(H,17,21)/t13-/m0/s1. The third-order valence-corrected chi connectivity index (χ3v) is 3.02. The maximum absolute atomic E-state index is 11.7. The Balaban J connectivity index is 1.84. The molecule has 1 atom stereocenters. The second-order valence-corrected chi connectivity index (χ2v) is 4.59. The van der Waals surface area contributed by atoms with Crippen LogP contribution in [0.1, 0.15) is 11.8 Å². The molecule has 0 aliphatic heterocycles. The summed E-state index contributed by atoms with van der Waals surface area (Å²) in [5.74, 6) is -1.55. The third-order valence-electron chi connectivity index (χ3n) is 3.02. The summed E-state index contributed by atoms with van der Waals surface area (Å²) < 4.78 is 1.75. The molecule has 2 rings (SSSR count). The maximum atomic E-state index is 11.7. The van der Waals surface area contributed by atoms with Gasteiger partial charge in [0.15, 0.2) is 0 Å². The van der Waals surface area contributed by atoms with Crippen LogP contribution in [-0.4, -0.2) is 28.0 Å². The van der Waals surface area contributed by atoms with Gasteiger partial charge < -0.3 is 20.3 Å². The number of anilines is 1. The Bertz CT molecular complexity index is 622. The second kappa shape index (κ2) is 6.71. The van der Waals surface area contributed by atoms with Crippen molar-refractivity contribution in [3.05, 3.63) is 54.4 Å². The number of rotatable bonds is 4. The predicted molar refractivity (Wildman–Crippen MR) is 78.5 cm³/mol. The number of carbonyl (C=O) groups is 2. The molecule has 1 aromatic heterocycles. The molecule has 3 N–H and O–H groups in total. The van der Waals surface area contributed by atoms with Crippen LogP contribution in [-0.2, 0) is 16.6 Å². The number of hydrogen-bond acceptors (Lipinski definition) is 3. The Morgan fingerprint density at radius 1 is 1.14 bits per heavy atom. The number of aliphatic hydroxyl groups excluding tert-OH is 1. The fraction of sp³-hybridized carbons (Fsp3) is 0.200. The van der Waals surface area contributed by atoms with E-state index in [1.54, 1.807) is 54.2 Å². The first kappa shape index (κ1) is 14.8. The molecule has 21 heavy (non-hydrogen) atoms. The van der Waals surface area contributed by atoms with Gasteiger partial charge in [0.2, 0.25) is 0 Å². The van der Waals surface area contributed by atoms with Gasteiger partial charge in [0.1, 0.15) is 6.10 Å².